The number of carbonyl (C=O) groups excluding carboxylic acids is 1. The molecular weight excluding hydrogens is 254 g/mol. The van der Waals surface area contributed by atoms with Gasteiger partial charge in [-0.2, -0.15) is 11.8 Å². The largest absolute Gasteiger partial charge is 0.355 e. The van der Waals surface area contributed by atoms with Crippen LogP contribution >= 0.6 is 23.4 Å². The molecule has 0 saturated carbocycles. The fourth-order valence-corrected chi connectivity index (χ4v) is 2.17. The number of hydrogen-bond acceptors (Lipinski definition) is 2. The highest BCUT2D eigenvalue weighted by atomic mass is 35.5. The van der Waals surface area contributed by atoms with Crippen LogP contribution in [-0.4, -0.2) is 18.2 Å². The average Bonchev–Trinajstić information content (AvgIpc) is 2.30. The van der Waals surface area contributed by atoms with Crippen LogP contribution in [0.3, 0.4) is 0 Å². The lowest BCUT2D eigenvalue weighted by molar-refractivity contribution is -0.123. The zero-order valence-corrected chi connectivity index (χ0v) is 11.8. The monoisotopic (exact) mass is 271 g/mol. The van der Waals surface area contributed by atoms with Gasteiger partial charge in [-0.15, -0.1) is 0 Å². The van der Waals surface area contributed by atoms with Crippen molar-refractivity contribution in [1.29, 1.82) is 0 Å². The Hall–Kier alpha value is -0.670. The van der Waals surface area contributed by atoms with E-state index in [0.717, 1.165) is 23.1 Å². The molecule has 0 aliphatic heterocycles. The van der Waals surface area contributed by atoms with E-state index in [4.69, 9.17) is 11.6 Å². The molecule has 0 aliphatic carbocycles. The summed E-state index contributed by atoms with van der Waals surface area (Å²) >= 11 is 7.61. The van der Waals surface area contributed by atoms with E-state index in [9.17, 15) is 4.79 Å². The summed E-state index contributed by atoms with van der Waals surface area (Å²) in [7, 11) is 0. The molecule has 1 amide bonds. The number of nitrogens with one attached hydrogen (secondary N) is 1. The van der Waals surface area contributed by atoms with Crippen molar-refractivity contribution in [3.8, 4) is 0 Å². The third-order valence-electron chi connectivity index (χ3n) is 2.25. The topological polar surface area (TPSA) is 29.1 Å². The van der Waals surface area contributed by atoms with Crippen molar-refractivity contribution >= 4 is 29.3 Å². The molecule has 0 atom stereocenters. The lowest BCUT2D eigenvalue weighted by Gasteiger charge is -2.07. The molecule has 0 spiro atoms. The number of amides is 1. The van der Waals surface area contributed by atoms with Gasteiger partial charge in [-0.05, 0) is 17.7 Å². The maximum Gasteiger partial charge on any atom is 0.222 e. The Labute approximate surface area is 112 Å². The first-order chi connectivity index (χ1) is 8.09. The van der Waals surface area contributed by atoms with Crippen molar-refractivity contribution in [2.75, 3.05) is 12.3 Å². The molecule has 1 N–H and O–H groups in total. The number of thioether (sulfide) groups is 1. The summed E-state index contributed by atoms with van der Waals surface area (Å²) in [6.45, 7) is 4.53. The fourth-order valence-electron chi connectivity index (χ4n) is 1.22. The van der Waals surface area contributed by atoms with Gasteiger partial charge in [-0.3, -0.25) is 4.79 Å². The summed E-state index contributed by atoms with van der Waals surface area (Å²) in [5.41, 5.74) is 1.26. The van der Waals surface area contributed by atoms with E-state index >= 15 is 0 Å². The molecule has 0 bridgehead atoms. The molecule has 1 aromatic carbocycles. The van der Waals surface area contributed by atoms with E-state index < -0.39 is 0 Å². The summed E-state index contributed by atoms with van der Waals surface area (Å²) in [4.78, 5) is 11.3. The van der Waals surface area contributed by atoms with Gasteiger partial charge in [0.05, 0.1) is 0 Å². The zero-order valence-electron chi connectivity index (χ0n) is 10.2. The van der Waals surface area contributed by atoms with Crippen LogP contribution in [0.5, 0.6) is 0 Å². The molecule has 4 heteroatoms. The molecule has 0 radical (unpaired) electrons. The van der Waals surface area contributed by atoms with E-state index in [1.165, 1.54) is 5.56 Å². The standard InChI is InChI=1S/C13H18ClNOS/c1-10(2)13(16)15-7-8-17-9-11-3-5-12(14)6-4-11/h3-6,10H,7-9H2,1-2H3,(H,15,16). The molecule has 0 aromatic heterocycles. The predicted octanol–water partition coefficient (Wildman–Crippen LogP) is 3.35. The third-order valence-corrected chi connectivity index (χ3v) is 3.53. The second kappa shape index (κ2) is 7.62. The number of hydrogen-bond donors (Lipinski definition) is 1. The van der Waals surface area contributed by atoms with E-state index in [1.807, 2.05) is 49.9 Å². The molecule has 0 unspecified atom stereocenters. The van der Waals surface area contributed by atoms with Gasteiger partial charge in [0.25, 0.3) is 0 Å². The summed E-state index contributed by atoms with van der Waals surface area (Å²) in [6, 6.07) is 7.86. The van der Waals surface area contributed by atoms with Crippen LogP contribution in [0.15, 0.2) is 24.3 Å². The highest BCUT2D eigenvalue weighted by molar-refractivity contribution is 7.98. The van der Waals surface area contributed by atoms with Crippen LogP contribution in [0, 0.1) is 5.92 Å². The van der Waals surface area contributed by atoms with Crippen molar-refractivity contribution < 1.29 is 4.79 Å². The molecular formula is C13H18ClNOS. The number of halogens is 1. The highest BCUT2D eigenvalue weighted by Crippen LogP contribution is 2.14. The lowest BCUT2D eigenvalue weighted by atomic mass is 10.2. The minimum atomic E-state index is 0.0660. The molecule has 1 aromatic rings. The Bertz CT molecular complexity index is 351. The maximum absolute atomic E-state index is 11.3. The minimum absolute atomic E-state index is 0.0660. The predicted molar refractivity (Wildman–Crippen MR) is 75.5 cm³/mol. The number of carbonyl (C=O) groups is 1. The van der Waals surface area contributed by atoms with Crippen molar-refractivity contribution in [2.24, 2.45) is 5.92 Å². The van der Waals surface area contributed by atoms with E-state index in [-0.39, 0.29) is 11.8 Å². The van der Waals surface area contributed by atoms with E-state index in [1.54, 1.807) is 0 Å². The smallest absolute Gasteiger partial charge is 0.222 e. The van der Waals surface area contributed by atoms with Gasteiger partial charge in [0.15, 0.2) is 0 Å². The molecule has 2 nitrogen and oxygen atoms in total. The van der Waals surface area contributed by atoms with Gasteiger partial charge in [0, 0.05) is 29.0 Å². The first-order valence-corrected chi connectivity index (χ1v) is 7.22. The second-order valence-corrected chi connectivity index (χ2v) is 5.67. The van der Waals surface area contributed by atoms with Gasteiger partial charge >= 0.3 is 0 Å². The minimum Gasteiger partial charge on any atom is -0.355 e. The number of benzene rings is 1. The Kier molecular flexibility index (Phi) is 6.45. The van der Waals surface area contributed by atoms with Gasteiger partial charge < -0.3 is 5.32 Å². The Morgan fingerprint density at radius 3 is 2.59 bits per heavy atom. The van der Waals surface area contributed by atoms with Crippen LogP contribution < -0.4 is 5.32 Å². The van der Waals surface area contributed by atoms with Crippen molar-refractivity contribution in [3.63, 3.8) is 0 Å². The summed E-state index contributed by atoms with van der Waals surface area (Å²) in [5, 5.41) is 3.66. The molecule has 94 valence electrons. The first-order valence-electron chi connectivity index (χ1n) is 5.69. The van der Waals surface area contributed by atoms with Crippen LogP contribution in [-0.2, 0) is 10.5 Å². The van der Waals surface area contributed by atoms with Crippen molar-refractivity contribution in [2.45, 2.75) is 19.6 Å². The average molecular weight is 272 g/mol. The zero-order chi connectivity index (χ0) is 12.7. The van der Waals surface area contributed by atoms with E-state index in [0.29, 0.717) is 0 Å². The molecule has 17 heavy (non-hydrogen) atoms. The van der Waals surface area contributed by atoms with Crippen LogP contribution in [0.2, 0.25) is 5.02 Å². The molecule has 1 rings (SSSR count). The van der Waals surface area contributed by atoms with Gasteiger partial charge in [-0.25, -0.2) is 0 Å². The lowest BCUT2D eigenvalue weighted by Crippen LogP contribution is -2.29. The van der Waals surface area contributed by atoms with Gasteiger partial charge in [-0.1, -0.05) is 37.6 Å². The quantitative estimate of drug-likeness (QED) is 0.804. The molecule has 0 heterocycles. The molecule has 0 aliphatic rings. The Balaban J connectivity index is 2.12. The number of rotatable bonds is 6. The molecule has 0 saturated heterocycles. The summed E-state index contributed by atoms with van der Waals surface area (Å²) < 4.78 is 0. The Morgan fingerprint density at radius 2 is 2.00 bits per heavy atom. The Morgan fingerprint density at radius 1 is 1.35 bits per heavy atom. The van der Waals surface area contributed by atoms with E-state index in [2.05, 4.69) is 5.32 Å². The van der Waals surface area contributed by atoms with Crippen molar-refractivity contribution in [3.05, 3.63) is 34.9 Å². The summed E-state index contributed by atoms with van der Waals surface area (Å²) in [5.74, 6) is 2.07. The maximum atomic E-state index is 11.3. The normalized spacial score (nSPS) is 10.6. The van der Waals surface area contributed by atoms with Crippen molar-refractivity contribution in [1.82, 2.24) is 5.32 Å². The van der Waals surface area contributed by atoms with Crippen LogP contribution in [0.4, 0.5) is 0 Å². The third kappa shape index (κ3) is 5.99. The fraction of sp³-hybridized carbons (Fsp3) is 0.462. The van der Waals surface area contributed by atoms with Gasteiger partial charge in [0.1, 0.15) is 0 Å². The van der Waals surface area contributed by atoms with Gasteiger partial charge in [0.2, 0.25) is 5.91 Å². The molecule has 0 fully saturated rings. The summed E-state index contributed by atoms with van der Waals surface area (Å²) in [6.07, 6.45) is 0. The first kappa shape index (κ1) is 14.4. The highest BCUT2D eigenvalue weighted by Gasteiger charge is 2.04. The second-order valence-electron chi connectivity index (χ2n) is 4.12. The van der Waals surface area contributed by atoms with Crippen LogP contribution in [0.25, 0.3) is 0 Å². The van der Waals surface area contributed by atoms with Crippen LogP contribution in [0.1, 0.15) is 19.4 Å². The SMILES string of the molecule is CC(C)C(=O)NCCSCc1ccc(Cl)cc1.